The molecule has 1 aliphatic rings. The summed E-state index contributed by atoms with van der Waals surface area (Å²) in [6, 6.07) is 1.62. The Labute approximate surface area is 202 Å². The van der Waals surface area contributed by atoms with Crippen LogP contribution in [0.5, 0.6) is 0 Å². The normalized spacial score (nSPS) is 19.9. The van der Waals surface area contributed by atoms with E-state index in [1.807, 2.05) is 7.05 Å². The third-order valence-electron chi connectivity index (χ3n) is 5.77. The average molecular weight is 500 g/mol. The van der Waals surface area contributed by atoms with Gasteiger partial charge in [0.05, 0.1) is 35.7 Å². The highest BCUT2D eigenvalue weighted by Crippen LogP contribution is 2.34. The molecule has 0 bridgehead atoms. The Morgan fingerprint density at radius 3 is 2.91 bits per heavy atom. The highest BCUT2D eigenvalue weighted by molar-refractivity contribution is 7.84. The van der Waals surface area contributed by atoms with Crippen LogP contribution in [0.4, 0.5) is 0 Å². The molecule has 3 N–H and O–H groups in total. The summed E-state index contributed by atoms with van der Waals surface area (Å²) >= 11 is 0. The molecule has 0 spiro atoms. The highest BCUT2D eigenvalue weighted by atomic mass is 32.2. The Morgan fingerprint density at radius 1 is 1.34 bits per heavy atom. The fourth-order valence-electron chi connectivity index (χ4n) is 4.14. The van der Waals surface area contributed by atoms with Gasteiger partial charge in [0.2, 0.25) is 5.78 Å². The summed E-state index contributed by atoms with van der Waals surface area (Å²) in [7, 11) is -2.26. The summed E-state index contributed by atoms with van der Waals surface area (Å²) in [5.74, 6) is 5.28. The van der Waals surface area contributed by atoms with Crippen molar-refractivity contribution in [3.05, 3.63) is 59.7 Å². The Bertz CT molecular complexity index is 1370. The van der Waals surface area contributed by atoms with Gasteiger partial charge in [-0.1, -0.05) is 11.8 Å². The van der Waals surface area contributed by atoms with Crippen molar-refractivity contribution >= 4 is 16.1 Å². The number of rotatable bonds is 8. The molecule has 13 heteroatoms. The summed E-state index contributed by atoms with van der Waals surface area (Å²) in [6.45, 7) is 0.120. The van der Waals surface area contributed by atoms with E-state index in [1.165, 1.54) is 12.5 Å². The minimum absolute atomic E-state index is 0.0131. The number of carbonyl (C=O) groups excluding carboxylic acids is 1. The SMILES string of the molecule is Cn1cc(C#CCn2ccc(C(=O)c3cncnc3C[C@@H]3C[C@H](COS(N)(=O)=O)[C@@H](O)C3)n2)cn1. The summed E-state index contributed by atoms with van der Waals surface area (Å²) in [6.07, 6.45) is 8.61. The molecule has 1 aliphatic carbocycles. The molecule has 184 valence electrons. The van der Waals surface area contributed by atoms with Gasteiger partial charge in [-0.15, -0.1) is 0 Å². The van der Waals surface area contributed by atoms with Crippen LogP contribution < -0.4 is 5.14 Å². The van der Waals surface area contributed by atoms with Crippen molar-refractivity contribution in [3.8, 4) is 11.8 Å². The van der Waals surface area contributed by atoms with Crippen LogP contribution in [0, 0.1) is 23.7 Å². The maximum Gasteiger partial charge on any atom is 0.333 e. The molecule has 1 saturated carbocycles. The van der Waals surface area contributed by atoms with Gasteiger partial charge in [0.15, 0.2) is 0 Å². The second kappa shape index (κ2) is 10.4. The smallest absolute Gasteiger partial charge is 0.333 e. The summed E-state index contributed by atoms with van der Waals surface area (Å²) in [5, 5.41) is 23.6. The molecule has 0 saturated heterocycles. The zero-order valence-electron chi connectivity index (χ0n) is 19.0. The second-order valence-electron chi connectivity index (χ2n) is 8.46. The molecule has 4 rings (SSSR count). The number of aromatic nitrogens is 6. The monoisotopic (exact) mass is 499 g/mol. The van der Waals surface area contributed by atoms with Crippen LogP contribution in [0.25, 0.3) is 0 Å². The van der Waals surface area contributed by atoms with E-state index >= 15 is 0 Å². The van der Waals surface area contributed by atoms with E-state index < -0.39 is 16.4 Å². The van der Waals surface area contributed by atoms with Crippen molar-refractivity contribution in [2.75, 3.05) is 6.61 Å². The maximum atomic E-state index is 13.1. The standard InChI is InChI=1S/C22H25N7O5S/c1-28-12-15(10-26-28)3-2-5-29-6-4-19(27-29)22(31)18-11-24-14-25-20(18)8-16-7-17(21(30)9-16)13-34-35(23,32)33/h4,6,10-12,14,16-17,21,30H,5,7-9,13H2,1H3,(H2,23,32,33)/t16-,17+,21-/m0/s1. The highest BCUT2D eigenvalue weighted by Gasteiger charge is 2.35. The molecule has 3 aromatic rings. The first kappa shape index (κ1) is 24.7. The van der Waals surface area contributed by atoms with E-state index in [9.17, 15) is 18.3 Å². The van der Waals surface area contributed by atoms with Gasteiger partial charge in [-0.2, -0.15) is 18.6 Å². The Hall–Kier alpha value is -3.44. The fourth-order valence-corrected chi connectivity index (χ4v) is 4.51. The minimum Gasteiger partial charge on any atom is -0.393 e. The lowest BCUT2D eigenvalue weighted by Crippen LogP contribution is -2.24. The first-order valence-electron chi connectivity index (χ1n) is 10.9. The maximum absolute atomic E-state index is 13.1. The van der Waals surface area contributed by atoms with Gasteiger partial charge in [0.25, 0.3) is 0 Å². The number of hydrogen-bond acceptors (Lipinski definition) is 9. The van der Waals surface area contributed by atoms with Gasteiger partial charge in [-0.25, -0.2) is 15.1 Å². The molecule has 3 heterocycles. The lowest BCUT2D eigenvalue weighted by molar-refractivity contribution is 0.100. The Balaban J connectivity index is 1.41. The van der Waals surface area contributed by atoms with Crippen LogP contribution in [-0.2, 0) is 34.5 Å². The van der Waals surface area contributed by atoms with E-state index in [0.29, 0.717) is 37.1 Å². The zero-order valence-corrected chi connectivity index (χ0v) is 19.8. The number of ketones is 1. The van der Waals surface area contributed by atoms with Gasteiger partial charge >= 0.3 is 10.3 Å². The third-order valence-corrected chi connectivity index (χ3v) is 6.24. The van der Waals surface area contributed by atoms with Crippen molar-refractivity contribution in [2.45, 2.75) is 31.9 Å². The van der Waals surface area contributed by atoms with E-state index in [1.54, 1.807) is 34.0 Å². The second-order valence-corrected chi connectivity index (χ2v) is 9.68. The zero-order chi connectivity index (χ0) is 25.0. The van der Waals surface area contributed by atoms with Crippen LogP contribution >= 0.6 is 0 Å². The largest absolute Gasteiger partial charge is 0.393 e. The quantitative estimate of drug-likeness (QED) is 0.316. The number of hydrogen-bond donors (Lipinski definition) is 2. The molecule has 0 radical (unpaired) electrons. The number of nitrogens with two attached hydrogens (primary N) is 1. The molecule has 3 atom stereocenters. The number of aliphatic hydroxyl groups is 1. The van der Waals surface area contributed by atoms with Gasteiger partial charge in [-0.3, -0.25) is 18.3 Å². The predicted molar refractivity (Wildman–Crippen MR) is 123 cm³/mol. The summed E-state index contributed by atoms with van der Waals surface area (Å²) in [5.41, 5.74) is 1.91. The van der Waals surface area contributed by atoms with Crippen molar-refractivity contribution in [1.29, 1.82) is 0 Å². The summed E-state index contributed by atoms with van der Waals surface area (Å²) < 4.78 is 30.0. The van der Waals surface area contributed by atoms with Crippen molar-refractivity contribution in [3.63, 3.8) is 0 Å². The van der Waals surface area contributed by atoms with Crippen molar-refractivity contribution in [2.24, 2.45) is 24.0 Å². The fraction of sp³-hybridized carbons (Fsp3) is 0.409. The van der Waals surface area contributed by atoms with Gasteiger partial charge < -0.3 is 5.11 Å². The van der Waals surface area contributed by atoms with Gasteiger partial charge in [0.1, 0.15) is 18.6 Å². The Morgan fingerprint density at radius 2 is 2.17 bits per heavy atom. The molecule has 0 aliphatic heterocycles. The molecular formula is C22H25N7O5S. The molecule has 3 aromatic heterocycles. The van der Waals surface area contributed by atoms with E-state index in [0.717, 1.165) is 5.56 Å². The topological polar surface area (TPSA) is 168 Å². The number of aliphatic hydroxyl groups excluding tert-OH is 1. The van der Waals surface area contributed by atoms with Gasteiger partial charge in [-0.05, 0) is 31.2 Å². The van der Waals surface area contributed by atoms with E-state index in [-0.39, 0.29) is 29.9 Å². The molecule has 0 aromatic carbocycles. The Kier molecular flexibility index (Phi) is 7.37. The lowest BCUT2D eigenvalue weighted by Gasteiger charge is -2.13. The van der Waals surface area contributed by atoms with Crippen LogP contribution in [0.1, 0.15) is 40.2 Å². The first-order valence-corrected chi connectivity index (χ1v) is 12.3. The molecule has 35 heavy (non-hydrogen) atoms. The van der Waals surface area contributed by atoms with Crippen LogP contribution in [-0.4, -0.2) is 61.5 Å². The first-order chi connectivity index (χ1) is 16.7. The summed E-state index contributed by atoms with van der Waals surface area (Å²) in [4.78, 5) is 21.4. The van der Waals surface area contributed by atoms with Crippen LogP contribution in [0.15, 0.2) is 37.2 Å². The molecule has 0 unspecified atom stereocenters. The molecule has 0 amide bonds. The van der Waals surface area contributed by atoms with Crippen LogP contribution in [0.2, 0.25) is 0 Å². The van der Waals surface area contributed by atoms with Crippen molar-refractivity contribution < 1.29 is 22.5 Å². The number of carbonyl (C=O) groups is 1. The van der Waals surface area contributed by atoms with Crippen molar-refractivity contribution in [1.82, 2.24) is 29.5 Å². The lowest BCUT2D eigenvalue weighted by atomic mass is 9.96. The van der Waals surface area contributed by atoms with E-state index in [2.05, 4.69) is 36.2 Å². The molecular weight excluding hydrogens is 474 g/mol. The molecule has 12 nitrogen and oxygen atoms in total. The predicted octanol–water partition coefficient (Wildman–Crippen LogP) is -0.161. The van der Waals surface area contributed by atoms with E-state index in [4.69, 9.17) is 5.14 Å². The number of nitrogens with zero attached hydrogens (tertiary/aromatic N) is 6. The average Bonchev–Trinajstić information content (AvgIpc) is 3.52. The third kappa shape index (κ3) is 6.58. The minimum atomic E-state index is -4.07. The van der Waals surface area contributed by atoms with Crippen LogP contribution in [0.3, 0.4) is 0 Å². The van der Waals surface area contributed by atoms with Gasteiger partial charge in [0, 0.05) is 31.6 Å². The number of aryl methyl sites for hydroxylation is 1. The molecule has 1 fully saturated rings.